The van der Waals surface area contributed by atoms with Crippen LogP contribution >= 0.6 is 0 Å². The van der Waals surface area contributed by atoms with Crippen LogP contribution in [0.2, 0.25) is 0 Å². The maximum atomic E-state index is 10.7. The number of Topliss-reactive ketones (excluding diaryl/α,β-unsaturated/α-hetero) is 1. The highest BCUT2D eigenvalue weighted by molar-refractivity contribution is 5.82. The largest absolute Gasteiger partial charge is 0.298 e. The van der Waals surface area contributed by atoms with Crippen molar-refractivity contribution in [2.45, 2.75) is 6.42 Å². The van der Waals surface area contributed by atoms with E-state index in [1.807, 2.05) is 24.1 Å². The Morgan fingerprint density at radius 2 is 2.22 bits per heavy atom. The van der Waals surface area contributed by atoms with Crippen LogP contribution in [0.5, 0.6) is 0 Å². The Kier molecular flexibility index (Phi) is 1.83. The molecule has 0 aromatic heterocycles. The van der Waals surface area contributed by atoms with Crippen molar-refractivity contribution in [3.63, 3.8) is 0 Å². The molecule has 0 N–H and O–H groups in total. The monoisotopic (exact) mass is 128 g/mol. The van der Waals surface area contributed by atoms with Gasteiger partial charge in [0.15, 0.2) is 0 Å². The molecule has 1 aliphatic heterocycles. The van der Waals surface area contributed by atoms with Crippen LogP contribution in [0.4, 0.5) is 0 Å². The molecular weight excluding hydrogens is 116 g/mol. The first-order chi connectivity index (χ1) is 4.20. The van der Waals surface area contributed by atoms with Crippen molar-refractivity contribution in [3.8, 4) is 0 Å². The Morgan fingerprint density at radius 3 is 2.44 bits per heavy atom. The molecule has 1 aliphatic rings. The summed E-state index contributed by atoms with van der Waals surface area (Å²) in [6.07, 6.45) is 0.720. The lowest BCUT2D eigenvalue weighted by molar-refractivity contribution is -0.118. The zero-order valence-electron chi connectivity index (χ0n) is 5.92. The van der Waals surface area contributed by atoms with Gasteiger partial charge in [0.2, 0.25) is 0 Å². The molecule has 0 aromatic rings. The summed E-state index contributed by atoms with van der Waals surface area (Å²) in [5, 5.41) is 3.99. The van der Waals surface area contributed by atoms with Crippen LogP contribution in [0.25, 0.3) is 0 Å². The number of rotatable bonds is 1. The van der Waals surface area contributed by atoms with Crippen molar-refractivity contribution >= 4 is 5.78 Å². The number of hydrazine groups is 1. The molecule has 0 radical (unpaired) electrons. The molecule has 0 bridgehead atoms. The smallest absolute Gasteiger partial charge is 0.149 e. The molecule has 0 saturated carbocycles. The first-order valence-corrected chi connectivity index (χ1v) is 3.14. The van der Waals surface area contributed by atoms with Crippen molar-refractivity contribution in [3.05, 3.63) is 0 Å². The molecule has 3 nitrogen and oxygen atoms in total. The van der Waals surface area contributed by atoms with E-state index < -0.39 is 0 Å². The van der Waals surface area contributed by atoms with Crippen molar-refractivity contribution in [2.24, 2.45) is 0 Å². The van der Waals surface area contributed by atoms with Crippen molar-refractivity contribution in [2.75, 3.05) is 27.2 Å². The van der Waals surface area contributed by atoms with Crippen molar-refractivity contribution < 1.29 is 4.79 Å². The van der Waals surface area contributed by atoms with Gasteiger partial charge in [-0.25, -0.2) is 10.0 Å². The van der Waals surface area contributed by atoms with Gasteiger partial charge in [-0.1, -0.05) is 0 Å². The van der Waals surface area contributed by atoms with E-state index in [9.17, 15) is 4.79 Å². The van der Waals surface area contributed by atoms with Gasteiger partial charge in [-0.15, -0.1) is 0 Å². The van der Waals surface area contributed by atoms with Gasteiger partial charge in [0.1, 0.15) is 5.78 Å². The number of nitrogens with zero attached hydrogens (tertiary/aromatic N) is 2. The minimum Gasteiger partial charge on any atom is -0.298 e. The standard InChI is InChI=1S/C6H12N2O/c1-7(2)8-4-3-6(9)5-8/h3-5H2,1-2H3. The molecular formula is C6H12N2O. The number of carbonyl (C=O) groups is 1. The second kappa shape index (κ2) is 2.45. The van der Waals surface area contributed by atoms with E-state index in [0.29, 0.717) is 12.3 Å². The second-order valence-corrected chi connectivity index (χ2v) is 2.52. The van der Waals surface area contributed by atoms with E-state index in [0.717, 1.165) is 13.0 Å². The average molecular weight is 128 g/mol. The van der Waals surface area contributed by atoms with Gasteiger partial charge in [-0.05, 0) is 0 Å². The summed E-state index contributed by atoms with van der Waals surface area (Å²) in [4.78, 5) is 10.7. The summed E-state index contributed by atoms with van der Waals surface area (Å²) in [6.45, 7) is 1.50. The lowest BCUT2D eigenvalue weighted by Gasteiger charge is -2.21. The van der Waals surface area contributed by atoms with Gasteiger partial charge in [0, 0.05) is 27.1 Å². The highest BCUT2D eigenvalue weighted by Gasteiger charge is 2.19. The van der Waals surface area contributed by atoms with E-state index in [4.69, 9.17) is 0 Å². The van der Waals surface area contributed by atoms with Crippen molar-refractivity contribution in [1.29, 1.82) is 0 Å². The fraction of sp³-hybridized carbons (Fsp3) is 0.833. The van der Waals surface area contributed by atoms with E-state index in [1.54, 1.807) is 0 Å². The predicted molar refractivity (Wildman–Crippen MR) is 34.9 cm³/mol. The summed E-state index contributed by atoms with van der Waals surface area (Å²) in [5.41, 5.74) is 0. The maximum Gasteiger partial charge on any atom is 0.149 e. The van der Waals surface area contributed by atoms with Crippen LogP contribution in [0.1, 0.15) is 6.42 Å². The quantitative estimate of drug-likeness (QED) is 0.486. The molecule has 1 fully saturated rings. The Balaban J connectivity index is 2.39. The van der Waals surface area contributed by atoms with Gasteiger partial charge in [-0.3, -0.25) is 4.79 Å². The molecule has 0 atom stereocenters. The van der Waals surface area contributed by atoms with Crippen LogP contribution in [0.3, 0.4) is 0 Å². The summed E-state index contributed by atoms with van der Waals surface area (Å²) in [7, 11) is 3.91. The molecule has 0 spiro atoms. The number of carbonyl (C=O) groups excluding carboxylic acids is 1. The summed E-state index contributed by atoms with van der Waals surface area (Å²) >= 11 is 0. The van der Waals surface area contributed by atoms with Crippen LogP contribution in [-0.4, -0.2) is 43.0 Å². The average Bonchev–Trinajstić information content (AvgIpc) is 2.14. The number of hydrogen-bond donors (Lipinski definition) is 0. The summed E-state index contributed by atoms with van der Waals surface area (Å²) < 4.78 is 0. The van der Waals surface area contributed by atoms with Crippen LogP contribution in [0, 0.1) is 0 Å². The number of ketones is 1. The van der Waals surface area contributed by atoms with E-state index >= 15 is 0 Å². The lowest BCUT2D eigenvalue weighted by Crippen LogP contribution is -2.34. The predicted octanol–water partition coefficient (Wildman–Crippen LogP) is -0.262. The van der Waals surface area contributed by atoms with Crippen LogP contribution in [-0.2, 0) is 4.79 Å². The molecule has 0 amide bonds. The third kappa shape index (κ3) is 1.50. The number of hydrogen-bond acceptors (Lipinski definition) is 3. The van der Waals surface area contributed by atoms with Crippen LogP contribution < -0.4 is 0 Å². The van der Waals surface area contributed by atoms with Gasteiger partial charge < -0.3 is 0 Å². The zero-order chi connectivity index (χ0) is 6.85. The highest BCUT2D eigenvalue weighted by Crippen LogP contribution is 2.03. The minimum absolute atomic E-state index is 0.351. The first kappa shape index (κ1) is 6.71. The van der Waals surface area contributed by atoms with E-state index in [2.05, 4.69) is 0 Å². The minimum atomic E-state index is 0.351. The van der Waals surface area contributed by atoms with Gasteiger partial charge >= 0.3 is 0 Å². The van der Waals surface area contributed by atoms with Gasteiger partial charge in [-0.2, -0.15) is 0 Å². The molecule has 3 heteroatoms. The van der Waals surface area contributed by atoms with Crippen LogP contribution in [0.15, 0.2) is 0 Å². The Bertz CT molecular complexity index is 122. The third-order valence-corrected chi connectivity index (χ3v) is 1.57. The molecule has 0 unspecified atom stereocenters. The molecule has 9 heavy (non-hydrogen) atoms. The SMILES string of the molecule is CN(C)N1CCC(=O)C1. The maximum absolute atomic E-state index is 10.7. The summed E-state index contributed by atoms with van der Waals surface area (Å²) in [5.74, 6) is 0.351. The van der Waals surface area contributed by atoms with E-state index in [-0.39, 0.29) is 0 Å². The fourth-order valence-corrected chi connectivity index (χ4v) is 0.957. The molecule has 1 saturated heterocycles. The first-order valence-electron chi connectivity index (χ1n) is 3.14. The Hall–Kier alpha value is -0.410. The molecule has 1 heterocycles. The van der Waals surface area contributed by atoms with E-state index in [1.165, 1.54) is 0 Å². The molecule has 1 rings (SSSR count). The van der Waals surface area contributed by atoms with Gasteiger partial charge in [0.05, 0.1) is 6.54 Å². The lowest BCUT2D eigenvalue weighted by atomic mass is 10.4. The Morgan fingerprint density at radius 1 is 1.56 bits per heavy atom. The molecule has 0 aromatic carbocycles. The normalized spacial score (nSPS) is 21.9. The van der Waals surface area contributed by atoms with Gasteiger partial charge in [0.25, 0.3) is 0 Å². The topological polar surface area (TPSA) is 23.6 Å². The van der Waals surface area contributed by atoms with Crippen molar-refractivity contribution in [1.82, 2.24) is 10.0 Å². The molecule has 0 aliphatic carbocycles. The second-order valence-electron chi connectivity index (χ2n) is 2.52. The highest BCUT2D eigenvalue weighted by atomic mass is 16.1. The summed E-state index contributed by atoms with van der Waals surface area (Å²) in [6, 6.07) is 0. The fourth-order valence-electron chi connectivity index (χ4n) is 0.957. The Labute approximate surface area is 55.2 Å². The molecule has 52 valence electrons. The third-order valence-electron chi connectivity index (χ3n) is 1.57. The zero-order valence-corrected chi connectivity index (χ0v) is 5.92.